The fourth-order valence-electron chi connectivity index (χ4n) is 6.31. The molecule has 4 heteroatoms. The van der Waals surface area contributed by atoms with Gasteiger partial charge in [0.05, 0.1) is 26.1 Å². The molecule has 1 aliphatic carbocycles. The van der Waals surface area contributed by atoms with Crippen molar-refractivity contribution in [2.45, 2.75) is 31.6 Å². The first kappa shape index (κ1) is 23.3. The summed E-state index contributed by atoms with van der Waals surface area (Å²) in [7, 11) is 1.70. The standard InChI is InChI=1S/C31H34NO3/c1-3-35-30(20-23-12-10-11-17-29(23)34-2)32-21-26-27(22-32)31(19-18-28(26)33,24-13-6-4-7-14-24)25-15-8-5-9-16-25/h4-17,26-27H,3,18-22H2,1-2H3/q+1. The van der Waals surface area contributed by atoms with Crippen LogP contribution in [0.2, 0.25) is 0 Å². The number of rotatable bonds is 6. The molecule has 1 aliphatic heterocycles. The highest BCUT2D eigenvalue weighted by Gasteiger charge is 2.57. The molecule has 0 spiro atoms. The number of carbonyl (C=O) groups excluding carboxylic acids is 1. The van der Waals surface area contributed by atoms with Gasteiger partial charge in [-0.25, -0.2) is 4.58 Å². The van der Waals surface area contributed by atoms with Gasteiger partial charge in [0.2, 0.25) is 0 Å². The highest BCUT2D eigenvalue weighted by molar-refractivity contribution is 5.84. The Hall–Kier alpha value is -3.40. The lowest BCUT2D eigenvalue weighted by Gasteiger charge is -2.43. The van der Waals surface area contributed by atoms with E-state index in [1.165, 1.54) is 11.1 Å². The molecule has 1 heterocycles. The van der Waals surface area contributed by atoms with Crippen LogP contribution in [0.1, 0.15) is 36.5 Å². The zero-order valence-corrected chi connectivity index (χ0v) is 20.7. The van der Waals surface area contributed by atoms with Crippen LogP contribution in [0.3, 0.4) is 0 Å². The summed E-state index contributed by atoms with van der Waals surface area (Å²) in [6, 6.07) is 29.7. The van der Waals surface area contributed by atoms with E-state index in [0.717, 1.165) is 30.2 Å². The van der Waals surface area contributed by atoms with Gasteiger partial charge in [-0.3, -0.25) is 4.79 Å². The molecule has 2 unspecified atom stereocenters. The monoisotopic (exact) mass is 468 g/mol. The Balaban J connectivity index is 1.60. The number of para-hydroxylation sites is 1. The molecular formula is C31H34NO3+. The zero-order chi connectivity index (χ0) is 24.3. The van der Waals surface area contributed by atoms with Gasteiger partial charge in [-0.2, -0.15) is 0 Å². The van der Waals surface area contributed by atoms with Gasteiger partial charge in [0, 0.05) is 23.3 Å². The van der Waals surface area contributed by atoms with Crippen molar-refractivity contribution in [2.75, 3.05) is 26.8 Å². The van der Waals surface area contributed by atoms with Gasteiger partial charge in [0.15, 0.2) is 13.1 Å². The lowest BCUT2D eigenvalue weighted by molar-refractivity contribution is -0.521. The number of ether oxygens (including phenoxy) is 2. The first-order valence-electron chi connectivity index (χ1n) is 12.7. The van der Waals surface area contributed by atoms with Crippen molar-refractivity contribution in [3.05, 3.63) is 102 Å². The number of hydrogen-bond acceptors (Lipinski definition) is 3. The summed E-state index contributed by atoms with van der Waals surface area (Å²) < 4.78 is 14.2. The molecule has 0 amide bonds. The third kappa shape index (κ3) is 4.27. The Kier molecular flexibility index (Phi) is 6.72. The van der Waals surface area contributed by atoms with E-state index in [2.05, 4.69) is 71.3 Å². The number of methoxy groups -OCH3 is 1. The normalized spacial score (nSPS) is 22.4. The number of Topliss-reactive ketones (excluding diaryl/α,β-unsaturated/α-hetero) is 1. The molecule has 3 aromatic carbocycles. The van der Waals surface area contributed by atoms with Gasteiger partial charge >= 0.3 is 5.90 Å². The van der Waals surface area contributed by atoms with Crippen LogP contribution in [0.4, 0.5) is 0 Å². The van der Waals surface area contributed by atoms with Crippen molar-refractivity contribution in [3.8, 4) is 5.75 Å². The van der Waals surface area contributed by atoms with E-state index < -0.39 is 0 Å². The average molecular weight is 469 g/mol. The zero-order valence-electron chi connectivity index (χ0n) is 20.7. The molecule has 180 valence electrons. The molecule has 0 bridgehead atoms. The Morgan fingerprint density at radius 3 is 2.17 bits per heavy atom. The molecule has 0 aromatic heterocycles. The van der Waals surface area contributed by atoms with Crippen LogP contribution in [-0.2, 0) is 21.4 Å². The largest absolute Gasteiger partial charge is 0.496 e. The summed E-state index contributed by atoms with van der Waals surface area (Å²) >= 11 is 0. The predicted molar refractivity (Wildman–Crippen MR) is 138 cm³/mol. The van der Waals surface area contributed by atoms with Gasteiger partial charge in [-0.05, 0) is 30.5 Å². The van der Waals surface area contributed by atoms with Crippen LogP contribution >= 0.6 is 0 Å². The maximum absolute atomic E-state index is 13.3. The van der Waals surface area contributed by atoms with Crippen molar-refractivity contribution >= 4 is 11.7 Å². The maximum atomic E-state index is 13.3. The number of ketones is 1. The highest BCUT2D eigenvalue weighted by atomic mass is 16.5. The minimum atomic E-state index is -0.197. The van der Waals surface area contributed by atoms with Crippen molar-refractivity contribution in [2.24, 2.45) is 11.8 Å². The molecule has 4 nitrogen and oxygen atoms in total. The van der Waals surface area contributed by atoms with Crippen molar-refractivity contribution in [1.29, 1.82) is 0 Å². The summed E-state index contributed by atoms with van der Waals surface area (Å²) in [6.07, 6.45) is 2.09. The van der Waals surface area contributed by atoms with E-state index >= 15 is 0 Å². The number of nitrogens with zero attached hydrogens (tertiary/aromatic N) is 1. The molecule has 0 N–H and O–H groups in total. The second kappa shape index (κ2) is 10.1. The molecule has 35 heavy (non-hydrogen) atoms. The van der Waals surface area contributed by atoms with Crippen molar-refractivity contribution in [3.63, 3.8) is 0 Å². The second-order valence-electron chi connectivity index (χ2n) is 9.60. The van der Waals surface area contributed by atoms with Gasteiger partial charge in [-0.15, -0.1) is 0 Å². The van der Waals surface area contributed by atoms with E-state index in [0.29, 0.717) is 31.8 Å². The van der Waals surface area contributed by atoms with Crippen molar-refractivity contribution in [1.82, 2.24) is 0 Å². The number of fused-ring (bicyclic) bond motifs is 1. The first-order chi connectivity index (χ1) is 17.2. The average Bonchev–Trinajstić information content (AvgIpc) is 3.37. The third-order valence-electron chi connectivity index (χ3n) is 7.91. The van der Waals surface area contributed by atoms with Gasteiger partial charge in [0.25, 0.3) is 0 Å². The summed E-state index contributed by atoms with van der Waals surface area (Å²) in [5.41, 5.74) is 3.51. The summed E-state index contributed by atoms with van der Waals surface area (Å²) in [5.74, 6) is 2.33. The Bertz CT molecular complexity index is 1160. The van der Waals surface area contributed by atoms with Crippen LogP contribution in [0, 0.1) is 11.8 Å². The summed E-state index contributed by atoms with van der Waals surface area (Å²) in [4.78, 5) is 13.3. The topological polar surface area (TPSA) is 38.5 Å². The third-order valence-corrected chi connectivity index (χ3v) is 7.91. The fourth-order valence-corrected chi connectivity index (χ4v) is 6.31. The van der Waals surface area contributed by atoms with Gasteiger partial charge in [-0.1, -0.05) is 78.9 Å². The fraction of sp³-hybridized carbons (Fsp3) is 0.355. The van der Waals surface area contributed by atoms with Crippen LogP contribution in [0.5, 0.6) is 5.75 Å². The smallest absolute Gasteiger partial charge is 0.340 e. The Morgan fingerprint density at radius 2 is 1.54 bits per heavy atom. The molecule has 3 aromatic rings. The molecule has 5 rings (SSSR count). The summed E-state index contributed by atoms with van der Waals surface area (Å²) in [5, 5.41) is 0. The molecule has 2 aliphatic rings. The molecule has 1 saturated carbocycles. The molecule has 1 saturated heterocycles. The number of benzene rings is 3. The minimum Gasteiger partial charge on any atom is -0.496 e. The van der Waals surface area contributed by atoms with E-state index in [4.69, 9.17) is 9.47 Å². The Morgan fingerprint density at radius 1 is 0.914 bits per heavy atom. The summed E-state index contributed by atoms with van der Waals surface area (Å²) in [6.45, 7) is 4.11. The SMILES string of the molecule is CCOC(Cc1ccccc1OC)=[N+]1CC2C(=O)CCC(c3ccccc3)(c3ccccc3)C2C1. The van der Waals surface area contributed by atoms with Crippen LogP contribution in [0.25, 0.3) is 0 Å². The molecule has 2 fully saturated rings. The van der Waals surface area contributed by atoms with Crippen LogP contribution in [0.15, 0.2) is 84.9 Å². The lowest BCUT2D eigenvalue weighted by Crippen LogP contribution is -2.47. The minimum absolute atomic E-state index is 0.0164. The maximum Gasteiger partial charge on any atom is 0.340 e. The van der Waals surface area contributed by atoms with E-state index in [9.17, 15) is 4.79 Å². The highest BCUT2D eigenvalue weighted by Crippen LogP contribution is 2.52. The lowest BCUT2D eigenvalue weighted by atomic mass is 9.56. The van der Waals surface area contributed by atoms with E-state index in [1.807, 2.05) is 25.1 Å². The number of hydrogen-bond donors (Lipinski definition) is 0. The van der Waals surface area contributed by atoms with Crippen LogP contribution < -0.4 is 4.74 Å². The molecule has 2 atom stereocenters. The van der Waals surface area contributed by atoms with E-state index in [-0.39, 0.29) is 17.3 Å². The van der Waals surface area contributed by atoms with Gasteiger partial charge < -0.3 is 9.47 Å². The molecular weight excluding hydrogens is 434 g/mol. The van der Waals surface area contributed by atoms with Crippen LogP contribution in [-0.4, -0.2) is 43.1 Å². The quantitative estimate of drug-likeness (QED) is 0.365. The molecule has 0 radical (unpaired) electrons. The van der Waals surface area contributed by atoms with E-state index in [1.54, 1.807) is 7.11 Å². The number of carbonyl (C=O) groups is 1. The first-order valence-corrected chi connectivity index (χ1v) is 12.7. The van der Waals surface area contributed by atoms with Crippen molar-refractivity contribution < 1.29 is 18.8 Å². The second-order valence-corrected chi connectivity index (χ2v) is 9.60. The van der Waals surface area contributed by atoms with Gasteiger partial charge in [0.1, 0.15) is 11.5 Å². The Labute approximate surface area is 208 Å². The predicted octanol–water partition coefficient (Wildman–Crippen LogP) is 5.28.